The third-order valence-corrected chi connectivity index (χ3v) is 4.14. The van der Waals surface area contributed by atoms with Crippen molar-refractivity contribution in [2.24, 2.45) is 5.92 Å². The van der Waals surface area contributed by atoms with Crippen LogP contribution in [0.5, 0.6) is 0 Å². The summed E-state index contributed by atoms with van der Waals surface area (Å²) in [7, 11) is 0. The molecule has 1 fully saturated rings. The number of amides is 1. The topological polar surface area (TPSA) is 32.3 Å². The minimum Gasteiger partial charge on any atom is -0.316 e. The molecule has 1 heterocycles. The van der Waals surface area contributed by atoms with E-state index in [2.05, 4.69) is 5.32 Å². The van der Waals surface area contributed by atoms with Crippen LogP contribution in [0.2, 0.25) is 0 Å². The summed E-state index contributed by atoms with van der Waals surface area (Å²) in [6, 6.07) is 7.24. The third kappa shape index (κ3) is 3.40. The average molecular weight is 296 g/mol. The molecule has 1 amide bonds. The Hall–Kier alpha value is -1.49. The quantitative estimate of drug-likeness (QED) is 0.905. The van der Waals surface area contributed by atoms with E-state index in [1.165, 1.54) is 4.90 Å². The Morgan fingerprint density at radius 2 is 1.90 bits per heavy atom. The van der Waals surface area contributed by atoms with Gasteiger partial charge in [-0.15, -0.1) is 0 Å². The zero-order valence-electron chi connectivity index (χ0n) is 12.6. The van der Waals surface area contributed by atoms with Gasteiger partial charge in [-0.05, 0) is 18.4 Å². The maximum atomic E-state index is 12.8. The number of benzene rings is 1. The summed E-state index contributed by atoms with van der Waals surface area (Å²) in [5.74, 6) is -0.108. The summed E-state index contributed by atoms with van der Waals surface area (Å²) in [5.41, 5.74) is 1.95. The lowest BCUT2D eigenvalue weighted by atomic mass is 9.99. The van der Waals surface area contributed by atoms with Crippen molar-refractivity contribution >= 4 is 5.91 Å². The second kappa shape index (κ2) is 6.52. The van der Waals surface area contributed by atoms with E-state index in [1.54, 1.807) is 0 Å². The highest BCUT2D eigenvalue weighted by atomic mass is 19.3. The monoisotopic (exact) mass is 296 g/mol. The number of hydrogen-bond donors (Lipinski definition) is 1. The first-order valence-corrected chi connectivity index (χ1v) is 7.35. The molecule has 1 aromatic rings. The predicted octanol–water partition coefficient (Wildman–Crippen LogP) is 3.11. The van der Waals surface area contributed by atoms with Crippen molar-refractivity contribution in [1.29, 1.82) is 0 Å². The lowest BCUT2D eigenvalue weighted by Crippen LogP contribution is -2.37. The normalized spacial score (nSPS) is 23.9. The molecule has 0 spiro atoms. The van der Waals surface area contributed by atoms with E-state index in [0.717, 1.165) is 17.5 Å². The summed E-state index contributed by atoms with van der Waals surface area (Å²) < 4.78 is 25.6. The van der Waals surface area contributed by atoms with Gasteiger partial charge in [-0.25, -0.2) is 8.78 Å². The Labute approximate surface area is 124 Å². The van der Waals surface area contributed by atoms with Crippen LogP contribution in [-0.2, 0) is 4.79 Å². The van der Waals surface area contributed by atoms with Crippen molar-refractivity contribution in [2.45, 2.75) is 45.8 Å². The number of aryl methyl sites for hydroxylation is 1. The van der Waals surface area contributed by atoms with Gasteiger partial charge in [0, 0.05) is 0 Å². The van der Waals surface area contributed by atoms with Crippen LogP contribution in [0, 0.1) is 12.8 Å². The lowest BCUT2D eigenvalue weighted by Gasteiger charge is -2.24. The molecular formula is C16H22F2N2O. The molecule has 1 aliphatic rings. The summed E-state index contributed by atoms with van der Waals surface area (Å²) >= 11 is 0. The summed E-state index contributed by atoms with van der Waals surface area (Å²) in [6.07, 6.45) is -2.17. The highest BCUT2D eigenvalue weighted by Gasteiger charge is 2.42. The summed E-state index contributed by atoms with van der Waals surface area (Å²) in [6.45, 7) is 5.40. The van der Waals surface area contributed by atoms with Gasteiger partial charge in [0.25, 0.3) is 6.43 Å². The molecule has 0 saturated carbocycles. The van der Waals surface area contributed by atoms with Crippen LogP contribution in [-0.4, -0.2) is 29.8 Å². The number of halogens is 2. The van der Waals surface area contributed by atoms with E-state index in [1.807, 2.05) is 45.0 Å². The van der Waals surface area contributed by atoms with Crippen molar-refractivity contribution in [2.75, 3.05) is 6.54 Å². The van der Waals surface area contributed by atoms with Gasteiger partial charge >= 0.3 is 0 Å². The molecule has 1 saturated heterocycles. The maximum Gasteiger partial charge on any atom is 0.255 e. The van der Waals surface area contributed by atoms with E-state index >= 15 is 0 Å². The SMILES string of the molecule is CCC(C)C1NC(c2ccc(C)cc2)N(CC(F)F)C1=O. The van der Waals surface area contributed by atoms with Gasteiger partial charge in [0.15, 0.2) is 0 Å². The smallest absolute Gasteiger partial charge is 0.255 e. The molecule has 21 heavy (non-hydrogen) atoms. The summed E-state index contributed by atoms with van der Waals surface area (Å²) in [4.78, 5) is 13.7. The molecular weight excluding hydrogens is 274 g/mol. The van der Waals surface area contributed by atoms with Crippen LogP contribution in [0.4, 0.5) is 8.78 Å². The number of carbonyl (C=O) groups excluding carboxylic acids is 1. The third-order valence-electron chi connectivity index (χ3n) is 4.14. The van der Waals surface area contributed by atoms with E-state index in [9.17, 15) is 13.6 Å². The number of nitrogens with one attached hydrogen (secondary N) is 1. The van der Waals surface area contributed by atoms with Crippen molar-refractivity contribution in [3.8, 4) is 0 Å². The molecule has 116 valence electrons. The Morgan fingerprint density at radius 3 is 2.43 bits per heavy atom. The molecule has 0 bridgehead atoms. The standard InChI is InChI=1S/C16H22F2N2O/c1-4-11(3)14-16(21)20(9-13(17)18)15(19-14)12-7-5-10(2)6-8-12/h5-8,11,13-15,19H,4,9H2,1-3H3. The van der Waals surface area contributed by atoms with Crippen molar-refractivity contribution in [3.63, 3.8) is 0 Å². The largest absolute Gasteiger partial charge is 0.316 e. The van der Waals surface area contributed by atoms with Gasteiger partial charge in [0.1, 0.15) is 6.17 Å². The second-order valence-electron chi connectivity index (χ2n) is 5.72. The van der Waals surface area contributed by atoms with E-state index < -0.39 is 19.1 Å². The molecule has 0 aliphatic carbocycles. The zero-order chi connectivity index (χ0) is 15.6. The Balaban J connectivity index is 2.28. The molecule has 1 aromatic carbocycles. The van der Waals surface area contributed by atoms with Crippen LogP contribution in [0.3, 0.4) is 0 Å². The first-order chi connectivity index (χ1) is 9.93. The number of nitrogens with zero attached hydrogens (tertiary/aromatic N) is 1. The number of alkyl halides is 2. The fraction of sp³-hybridized carbons (Fsp3) is 0.562. The second-order valence-corrected chi connectivity index (χ2v) is 5.72. The Morgan fingerprint density at radius 1 is 1.29 bits per heavy atom. The number of rotatable bonds is 5. The van der Waals surface area contributed by atoms with Gasteiger partial charge in [-0.2, -0.15) is 0 Å². The van der Waals surface area contributed by atoms with Gasteiger partial charge in [0.05, 0.1) is 12.6 Å². The van der Waals surface area contributed by atoms with Crippen LogP contribution in [0.25, 0.3) is 0 Å². The van der Waals surface area contributed by atoms with Crippen molar-refractivity contribution in [3.05, 3.63) is 35.4 Å². The first-order valence-electron chi connectivity index (χ1n) is 7.35. The molecule has 3 atom stereocenters. The molecule has 0 aromatic heterocycles. The van der Waals surface area contributed by atoms with Gasteiger partial charge in [-0.3, -0.25) is 10.1 Å². The number of hydrogen-bond acceptors (Lipinski definition) is 2. The van der Waals surface area contributed by atoms with Crippen LogP contribution in [0.1, 0.15) is 37.6 Å². The molecule has 5 heteroatoms. The first kappa shape index (κ1) is 15.9. The average Bonchev–Trinajstić information content (AvgIpc) is 2.76. The van der Waals surface area contributed by atoms with Crippen LogP contribution >= 0.6 is 0 Å². The van der Waals surface area contributed by atoms with Crippen LogP contribution < -0.4 is 5.32 Å². The minimum atomic E-state index is -2.53. The molecule has 3 nitrogen and oxygen atoms in total. The molecule has 0 radical (unpaired) electrons. The fourth-order valence-corrected chi connectivity index (χ4v) is 2.65. The van der Waals surface area contributed by atoms with E-state index in [0.29, 0.717) is 0 Å². The number of carbonyl (C=O) groups is 1. The van der Waals surface area contributed by atoms with Crippen LogP contribution in [0.15, 0.2) is 24.3 Å². The molecule has 3 unspecified atom stereocenters. The molecule has 1 N–H and O–H groups in total. The highest BCUT2D eigenvalue weighted by Crippen LogP contribution is 2.29. The Kier molecular flexibility index (Phi) is 4.93. The minimum absolute atomic E-state index is 0.119. The highest BCUT2D eigenvalue weighted by molar-refractivity contribution is 5.85. The van der Waals surface area contributed by atoms with E-state index in [4.69, 9.17) is 0 Å². The van der Waals surface area contributed by atoms with E-state index in [-0.39, 0.29) is 17.9 Å². The van der Waals surface area contributed by atoms with Gasteiger partial charge < -0.3 is 4.90 Å². The summed E-state index contributed by atoms with van der Waals surface area (Å²) in [5, 5.41) is 3.23. The maximum absolute atomic E-state index is 12.8. The Bertz CT molecular complexity index is 490. The van der Waals surface area contributed by atoms with Gasteiger partial charge in [-0.1, -0.05) is 50.1 Å². The van der Waals surface area contributed by atoms with Crippen molar-refractivity contribution < 1.29 is 13.6 Å². The molecule has 1 aliphatic heterocycles. The zero-order valence-corrected chi connectivity index (χ0v) is 12.6. The van der Waals surface area contributed by atoms with Gasteiger partial charge in [0.2, 0.25) is 5.91 Å². The lowest BCUT2D eigenvalue weighted by molar-refractivity contribution is -0.132. The molecule has 2 rings (SSSR count). The predicted molar refractivity (Wildman–Crippen MR) is 78.0 cm³/mol. The fourth-order valence-electron chi connectivity index (χ4n) is 2.65. The van der Waals surface area contributed by atoms with Crippen molar-refractivity contribution in [1.82, 2.24) is 10.2 Å².